The molecule has 1 aliphatic heterocycles. The molecule has 0 aliphatic carbocycles. The Bertz CT molecular complexity index is 987. The summed E-state index contributed by atoms with van der Waals surface area (Å²) in [4.78, 5) is 19.0. The van der Waals surface area contributed by atoms with Gasteiger partial charge in [-0.05, 0) is 55.2 Å². The van der Waals surface area contributed by atoms with E-state index in [2.05, 4.69) is 11.9 Å². The number of piperidine rings is 1. The van der Waals surface area contributed by atoms with Gasteiger partial charge in [-0.15, -0.1) is 0 Å². The van der Waals surface area contributed by atoms with Crippen LogP contribution in [-0.2, 0) is 11.3 Å². The first kappa shape index (κ1) is 20.4. The molecular weight excluding hydrogens is 376 g/mol. The number of aliphatic hydroxyl groups excluding tert-OH is 1. The van der Waals surface area contributed by atoms with Crippen molar-refractivity contribution in [3.05, 3.63) is 78.1 Å². The molecule has 0 bridgehead atoms. The molecule has 1 N–H and O–H groups in total. The number of hydrogen-bond donors (Lipinski definition) is 1. The fourth-order valence-electron chi connectivity index (χ4n) is 4.45. The summed E-state index contributed by atoms with van der Waals surface area (Å²) in [5, 5.41) is 13.1. The summed E-state index contributed by atoms with van der Waals surface area (Å²) in [6, 6.07) is 17.6. The summed E-state index contributed by atoms with van der Waals surface area (Å²) in [7, 11) is 0. The molecule has 4 rings (SSSR count). The number of fused-ring (bicyclic) bond motifs is 1. The van der Waals surface area contributed by atoms with E-state index in [1.165, 1.54) is 0 Å². The van der Waals surface area contributed by atoms with Gasteiger partial charge in [0.05, 0.1) is 6.10 Å². The number of hydrogen-bond acceptors (Lipinski definition) is 4. The molecule has 1 saturated heterocycles. The van der Waals surface area contributed by atoms with Crippen molar-refractivity contribution in [3.63, 3.8) is 0 Å². The highest BCUT2D eigenvalue weighted by molar-refractivity contribution is 5.85. The summed E-state index contributed by atoms with van der Waals surface area (Å²) >= 11 is 0. The van der Waals surface area contributed by atoms with E-state index in [0.717, 1.165) is 41.2 Å². The molecule has 1 fully saturated rings. The first-order chi connectivity index (χ1) is 14.6. The summed E-state index contributed by atoms with van der Waals surface area (Å²) in [6.45, 7) is 2.32. The van der Waals surface area contributed by atoms with Gasteiger partial charge in [0.15, 0.2) is 0 Å². The van der Waals surface area contributed by atoms with Gasteiger partial charge in [0.25, 0.3) is 0 Å². The van der Waals surface area contributed by atoms with E-state index in [0.29, 0.717) is 6.42 Å². The number of benzene rings is 2. The normalized spacial score (nSPS) is 20.1. The lowest BCUT2D eigenvalue weighted by molar-refractivity contribution is 0.0275. The minimum Gasteiger partial charge on any atom is -0.445 e. The molecule has 2 aromatic carbocycles. The van der Waals surface area contributed by atoms with Gasteiger partial charge < -0.3 is 14.7 Å². The highest BCUT2D eigenvalue weighted by Crippen LogP contribution is 2.33. The zero-order valence-electron chi connectivity index (χ0n) is 17.3. The van der Waals surface area contributed by atoms with Crippen molar-refractivity contribution < 1.29 is 14.6 Å². The molecule has 156 valence electrons. The maximum Gasteiger partial charge on any atom is 0.410 e. The van der Waals surface area contributed by atoms with Crippen molar-refractivity contribution in [3.8, 4) is 0 Å². The molecule has 0 spiro atoms. The highest BCUT2D eigenvalue weighted by Gasteiger charge is 2.34. The number of aliphatic hydroxyl groups is 1. The van der Waals surface area contributed by atoms with Crippen molar-refractivity contribution in [1.82, 2.24) is 9.88 Å². The van der Waals surface area contributed by atoms with Crippen LogP contribution in [0.1, 0.15) is 49.8 Å². The molecule has 1 aromatic heterocycles. The van der Waals surface area contributed by atoms with Gasteiger partial charge >= 0.3 is 6.09 Å². The third-order valence-corrected chi connectivity index (χ3v) is 6.02. The number of carbonyl (C=O) groups is 1. The Labute approximate surface area is 177 Å². The van der Waals surface area contributed by atoms with E-state index >= 15 is 0 Å². The maximum absolute atomic E-state index is 12.9. The monoisotopic (exact) mass is 404 g/mol. The van der Waals surface area contributed by atoms with E-state index in [4.69, 9.17) is 4.74 Å². The van der Waals surface area contributed by atoms with E-state index in [-0.39, 0.29) is 24.8 Å². The fourth-order valence-corrected chi connectivity index (χ4v) is 4.45. The van der Waals surface area contributed by atoms with E-state index in [1.807, 2.05) is 59.5 Å². The zero-order chi connectivity index (χ0) is 20.9. The summed E-state index contributed by atoms with van der Waals surface area (Å²) < 4.78 is 5.62. The molecule has 3 unspecified atom stereocenters. The van der Waals surface area contributed by atoms with Crippen LogP contribution in [0.5, 0.6) is 0 Å². The van der Waals surface area contributed by atoms with Crippen LogP contribution < -0.4 is 0 Å². The zero-order valence-corrected chi connectivity index (χ0v) is 17.3. The van der Waals surface area contributed by atoms with Gasteiger partial charge in [-0.1, -0.05) is 48.5 Å². The number of carbonyl (C=O) groups excluding carboxylic acids is 1. The number of ether oxygens (including phenoxy) is 1. The number of likely N-dealkylation sites (tertiary alicyclic amines) is 1. The van der Waals surface area contributed by atoms with Crippen molar-refractivity contribution >= 4 is 16.9 Å². The lowest BCUT2D eigenvalue weighted by atomic mass is 9.90. The fraction of sp³-hybridized carbons (Fsp3) is 0.360. The Morgan fingerprint density at radius 2 is 2.00 bits per heavy atom. The van der Waals surface area contributed by atoms with Crippen LogP contribution in [0.25, 0.3) is 10.8 Å². The van der Waals surface area contributed by atoms with E-state index in [1.54, 1.807) is 12.4 Å². The van der Waals surface area contributed by atoms with Crippen molar-refractivity contribution in [2.24, 2.45) is 0 Å². The Morgan fingerprint density at radius 1 is 1.17 bits per heavy atom. The maximum atomic E-state index is 12.9. The third-order valence-electron chi connectivity index (χ3n) is 6.02. The van der Waals surface area contributed by atoms with Crippen LogP contribution in [-0.4, -0.2) is 33.2 Å². The third kappa shape index (κ3) is 4.46. The molecule has 30 heavy (non-hydrogen) atoms. The first-order valence-electron chi connectivity index (χ1n) is 10.6. The summed E-state index contributed by atoms with van der Waals surface area (Å²) in [5.41, 5.74) is 1.83. The van der Waals surface area contributed by atoms with Crippen LogP contribution in [0.3, 0.4) is 0 Å². The molecule has 0 saturated carbocycles. The quantitative estimate of drug-likeness (QED) is 0.632. The Morgan fingerprint density at radius 3 is 2.83 bits per heavy atom. The minimum atomic E-state index is -0.669. The molecule has 5 heteroatoms. The number of amides is 1. The van der Waals surface area contributed by atoms with Crippen LogP contribution in [0.4, 0.5) is 4.79 Å². The Kier molecular flexibility index (Phi) is 6.29. The van der Waals surface area contributed by atoms with Gasteiger partial charge in [0.2, 0.25) is 0 Å². The predicted octanol–water partition coefficient (Wildman–Crippen LogP) is 5.24. The van der Waals surface area contributed by atoms with Gasteiger partial charge in [0.1, 0.15) is 6.61 Å². The second-order valence-corrected chi connectivity index (χ2v) is 8.08. The van der Waals surface area contributed by atoms with E-state index < -0.39 is 6.10 Å². The van der Waals surface area contributed by atoms with Crippen molar-refractivity contribution in [1.29, 1.82) is 0 Å². The van der Waals surface area contributed by atoms with Gasteiger partial charge in [-0.3, -0.25) is 4.98 Å². The second-order valence-electron chi connectivity index (χ2n) is 8.08. The van der Waals surface area contributed by atoms with Gasteiger partial charge in [-0.25, -0.2) is 4.79 Å². The molecule has 1 amide bonds. The second kappa shape index (κ2) is 9.26. The number of aromatic nitrogens is 1. The number of nitrogens with zero attached hydrogens (tertiary/aromatic N) is 2. The van der Waals surface area contributed by atoms with Crippen molar-refractivity contribution in [2.45, 2.75) is 57.4 Å². The molecule has 5 nitrogen and oxygen atoms in total. The highest BCUT2D eigenvalue weighted by atomic mass is 16.6. The van der Waals surface area contributed by atoms with Crippen molar-refractivity contribution in [2.75, 3.05) is 0 Å². The lowest BCUT2D eigenvalue weighted by Gasteiger charge is -2.40. The first-order valence-corrected chi connectivity index (χ1v) is 10.6. The van der Waals surface area contributed by atoms with Gasteiger partial charge in [-0.2, -0.15) is 0 Å². The average Bonchev–Trinajstić information content (AvgIpc) is 2.78. The Hall–Kier alpha value is -2.92. The molecule has 2 heterocycles. The standard InChI is InChI=1S/C25H28N2O3/c1-18-7-5-11-21(27(18)25(29)30-17-19-8-3-2-4-9-19)15-24(28)22-12-6-10-20-13-14-26-16-23(20)22/h2-4,6,8-10,12-14,16,18,21,24,28H,5,7,11,15,17H2,1H3. The SMILES string of the molecule is CC1CCCC(CC(O)c2cccc3ccncc23)N1C(=O)OCc1ccccc1. The Balaban J connectivity index is 1.48. The van der Waals surface area contributed by atoms with Crippen LogP contribution >= 0.6 is 0 Å². The largest absolute Gasteiger partial charge is 0.445 e. The molecule has 3 atom stereocenters. The van der Waals surface area contributed by atoms with Crippen LogP contribution in [0, 0.1) is 0 Å². The minimum absolute atomic E-state index is 0.0565. The van der Waals surface area contributed by atoms with Crippen LogP contribution in [0.2, 0.25) is 0 Å². The van der Waals surface area contributed by atoms with Crippen LogP contribution in [0.15, 0.2) is 67.0 Å². The predicted molar refractivity (Wildman–Crippen MR) is 117 cm³/mol. The summed E-state index contributed by atoms with van der Waals surface area (Å²) in [5.74, 6) is 0. The molecule has 3 aromatic rings. The topological polar surface area (TPSA) is 62.7 Å². The molecular formula is C25H28N2O3. The van der Waals surface area contributed by atoms with Gasteiger partial charge in [0, 0.05) is 29.9 Å². The molecule has 0 radical (unpaired) electrons. The van der Waals surface area contributed by atoms with E-state index in [9.17, 15) is 9.90 Å². The number of pyridine rings is 1. The smallest absolute Gasteiger partial charge is 0.410 e. The summed E-state index contributed by atoms with van der Waals surface area (Å²) in [6.07, 6.45) is 5.92. The average molecular weight is 405 g/mol. The number of rotatable bonds is 5. The molecule has 1 aliphatic rings. The lowest BCUT2D eigenvalue weighted by Crippen LogP contribution is -2.49.